The number of carbonyl (C=O) groups excluding carboxylic acids is 1. The summed E-state index contributed by atoms with van der Waals surface area (Å²) in [6, 6.07) is 9.55. The summed E-state index contributed by atoms with van der Waals surface area (Å²) >= 11 is 6.15. The summed E-state index contributed by atoms with van der Waals surface area (Å²) in [7, 11) is 0. The average molecular weight is 384 g/mol. The van der Waals surface area contributed by atoms with Gasteiger partial charge >= 0.3 is 6.61 Å². The molecule has 1 aliphatic rings. The summed E-state index contributed by atoms with van der Waals surface area (Å²) < 4.78 is 39.7. The molecule has 0 radical (unpaired) electrons. The molecule has 5 nitrogen and oxygen atoms in total. The van der Waals surface area contributed by atoms with Crippen LogP contribution in [0, 0.1) is 0 Å². The van der Waals surface area contributed by atoms with E-state index in [0.29, 0.717) is 40.9 Å². The van der Waals surface area contributed by atoms with Crippen molar-refractivity contribution in [2.75, 3.05) is 13.2 Å². The van der Waals surface area contributed by atoms with Crippen molar-refractivity contribution in [1.82, 2.24) is 5.32 Å². The second-order valence-corrected chi connectivity index (χ2v) is 5.99. The zero-order valence-corrected chi connectivity index (χ0v) is 14.4. The van der Waals surface area contributed by atoms with Crippen molar-refractivity contribution in [2.24, 2.45) is 0 Å². The van der Waals surface area contributed by atoms with Gasteiger partial charge in [0, 0.05) is 6.54 Å². The molecule has 26 heavy (non-hydrogen) atoms. The third-order valence-corrected chi connectivity index (χ3v) is 3.92. The second-order valence-electron chi connectivity index (χ2n) is 5.58. The standard InChI is InChI=1S/C18H16ClF2NO4/c19-14-7-12(8-15-17(14)25-5-4-24-15)9-16(23)22-10-11-2-1-3-13(6-11)26-18(20)21/h1-3,6-8,18H,4-5,9-10H2,(H,22,23). The van der Waals surface area contributed by atoms with Gasteiger partial charge in [0.05, 0.1) is 11.4 Å². The lowest BCUT2D eigenvalue weighted by molar-refractivity contribution is -0.120. The van der Waals surface area contributed by atoms with Gasteiger partial charge in [-0.1, -0.05) is 23.7 Å². The quantitative estimate of drug-likeness (QED) is 0.828. The van der Waals surface area contributed by atoms with E-state index in [9.17, 15) is 13.6 Å². The summed E-state index contributed by atoms with van der Waals surface area (Å²) in [5.41, 5.74) is 1.34. The maximum atomic E-state index is 12.2. The molecule has 0 fully saturated rings. The Hall–Kier alpha value is -2.54. The van der Waals surface area contributed by atoms with Gasteiger partial charge in [-0.05, 0) is 35.4 Å². The van der Waals surface area contributed by atoms with Crippen molar-refractivity contribution in [3.8, 4) is 17.2 Å². The van der Waals surface area contributed by atoms with E-state index in [1.165, 1.54) is 12.1 Å². The first kappa shape index (κ1) is 18.3. The predicted octanol–water partition coefficient (Wildman–Crippen LogP) is 3.57. The van der Waals surface area contributed by atoms with E-state index in [2.05, 4.69) is 10.1 Å². The Bertz CT molecular complexity index is 801. The second kappa shape index (κ2) is 8.23. The molecule has 8 heteroatoms. The molecule has 0 saturated heterocycles. The van der Waals surface area contributed by atoms with Gasteiger partial charge in [-0.25, -0.2) is 0 Å². The topological polar surface area (TPSA) is 56.8 Å². The fourth-order valence-corrected chi connectivity index (χ4v) is 2.83. The highest BCUT2D eigenvalue weighted by Crippen LogP contribution is 2.38. The first-order valence-electron chi connectivity index (χ1n) is 7.90. The largest absolute Gasteiger partial charge is 0.486 e. The molecule has 1 heterocycles. The van der Waals surface area contributed by atoms with E-state index in [1.807, 2.05) is 0 Å². The van der Waals surface area contributed by atoms with Crippen LogP contribution in [0.15, 0.2) is 36.4 Å². The lowest BCUT2D eigenvalue weighted by Gasteiger charge is -2.20. The SMILES string of the molecule is O=C(Cc1cc(Cl)c2c(c1)OCCO2)NCc1cccc(OC(F)F)c1. The van der Waals surface area contributed by atoms with Crippen LogP contribution in [0.25, 0.3) is 0 Å². The van der Waals surface area contributed by atoms with Crippen LogP contribution in [-0.2, 0) is 17.8 Å². The number of rotatable bonds is 6. The number of hydrogen-bond acceptors (Lipinski definition) is 4. The molecule has 0 aliphatic carbocycles. The number of ether oxygens (including phenoxy) is 3. The number of carbonyl (C=O) groups is 1. The van der Waals surface area contributed by atoms with Gasteiger partial charge in [-0.2, -0.15) is 8.78 Å². The maximum absolute atomic E-state index is 12.2. The lowest BCUT2D eigenvalue weighted by atomic mass is 10.1. The summed E-state index contributed by atoms with van der Waals surface area (Å²) in [6.07, 6.45) is 0.101. The Morgan fingerprint density at radius 2 is 2.00 bits per heavy atom. The van der Waals surface area contributed by atoms with E-state index >= 15 is 0 Å². The van der Waals surface area contributed by atoms with Gasteiger partial charge in [-0.3, -0.25) is 4.79 Å². The van der Waals surface area contributed by atoms with Crippen LogP contribution in [0.3, 0.4) is 0 Å². The minimum Gasteiger partial charge on any atom is -0.486 e. The van der Waals surface area contributed by atoms with Crippen LogP contribution >= 0.6 is 11.6 Å². The predicted molar refractivity (Wildman–Crippen MR) is 91.1 cm³/mol. The molecule has 0 unspecified atom stereocenters. The molecule has 1 N–H and O–H groups in total. The summed E-state index contributed by atoms with van der Waals surface area (Å²) in [5, 5.41) is 3.12. The molecule has 2 aromatic carbocycles. The van der Waals surface area contributed by atoms with Crippen molar-refractivity contribution < 1.29 is 27.8 Å². The third kappa shape index (κ3) is 4.76. The lowest BCUT2D eigenvalue weighted by Crippen LogP contribution is -2.24. The molecule has 2 aromatic rings. The molecule has 1 aliphatic heterocycles. The molecule has 1 amide bonds. The molecular formula is C18H16ClF2NO4. The Balaban J connectivity index is 1.59. The van der Waals surface area contributed by atoms with Crippen LogP contribution in [0.2, 0.25) is 5.02 Å². The van der Waals surface area contributed by atoms with Crippen LogP contribution < -0.4 is 19.5 Å². The minimum atomic E-state index is -2.89. The van der Waals surface area contributed by atoms with E-state index in [0.717, 1.165) is 0 Å². The highest BCUT2D eigenvalue weighted by molar-refractivity contribution is 6.32. The minimum absolute atomic E-state index is 0.0466. The molecular weight excluding hydrogens is 368 g/mol. The Kier molecular flexibility index (Phi) is 5.78. The van der Waals surface area contributed by atoms with Crippen LogP contribution in [0.4, 0.5) is 8.78 Å². The summed E-state index contributed by atoms with van der Waals surface area (Å²) in [4.78, 5) is 12.2. The molecule has 138 valence electrons. The molecule has 0 bridgehead atoms. The van der Waals surface area contributed by atoms with Crippen LogP contribution in [-0.4, -0.2) is 25.7 Å². The molecule has 3 rings (SSSR count). The molecule has 0 saturated carbocycles. The zero-order chi connectivity index (χ0) is 18.5. The van der Waals surface area contributed by atoms with Crippen molar-refractivity contribution >= 4 is 17.5 Å². The maximum Gasteiger partial charge on any atom is 0.387 e. The average Bonchev–Trinajstić information content (AvgIpc) is 2.60. The van der Waals surface area contributed by atoms with Crippen LogP contribution in [0.1, 0.15) is 11.1 Å². The van der Waals surface area contributed by atoms with Gasteiger partial charge in [0.25, 0.3) is 0 Å². The zero-order valence-electron chi connectivity index (χ0n) is 13.6. The number of benzene rings is 2. The number of amides is 1. The third-order valence-electron chi connectivity index (χ3n) is 3.63. The number of nitrogens with one attached hydrogen (secondary N) is 1. The van der Waals surface area contributed by atoms with Crippen molar-refractivity contribution in [1.29, 1.82) is 0 Å². The normalized spacial score (nSPS) is 12.8. The van der Waals surface area contributed by atoms with Gasteiger partial charge in [0.2, 0.25) is 5.91 Å². The number of fused-ring (bicyclic) bond motifs is 1. The van der Waals surface area contributed by atoms with Gasteiger partial charge in [0.1, 0.15) is 19.0 Å². The summed E-state index contributed by atoms with van der Waals surface area (Å²) in [5.74, 6) is 0.810. The monoisotopic (exact) mass is 383 g/mol. The number of halogens is 3. The van der Waals surface area contributed by atoms with Crippen molar-refractivity contribution in [3.05, 3.63) is 52.5 Å². The van der Waals surface area contributed by atoms with E-state index < -0.39 is 6.61 Å². The van der Waals surface area contributed by atoms with Gasteiger partial charge in [0.15, 0.2) is 11.5 Å². The smallest absolute Gasteiger partial charge is 0.387 e. The highest BCUT2D eigenvalue weighted by atomic mass is 35.5. The molecule has 0 aromatic heterocycles. The fourth-order valence-electron chi connectivity index (χ4n) is 2.55. The Morgan fingerprint density at radius 1 is 1.19 bits per heavy atom. The van der Waals surface area contributed by atoms with Gasteiger partial charge in [-0.15, -0.1) is 0 Å². The Morgan fingerprint density at radius 3 is 2.81 bits per heavy atom. The first-order chi connectivity index (χ1) is 12.5. The first-order valence-corrected chi connectivity index (χ1v) is 8.27. The molecule has 0 atom stereocenters. The highest BCUT2D eigenvalue weighted by Gasteiger charge is 2.17. The molecule has 0 spiro atoms. The van der Waals surface area contributed by atoms with E-state index in [4.69, 9.17) is 21.1 Å². The van der Waals surface area contributed by atoms with Crippen molar-refractivity contribution in [3.63, 3.8) is 0 Å². The van der Waals surface area contributed by atoms with E-state index in [1.54, 1.807) is 24.3 Å². The number of hydrogen-bond donors (Lipinski definition) is 1. The van der Waals surface area contributed by atoms with Crippen LogP contribution in [0.5, 0.6) is 17.2 Å². The van der Waals surface area contributed by atoms with Crippen molar-refractivity contribution in [2.45, 2.75) is 19.6 Å². The Labute approximate surface area is 153 Å². The summed E-state index contributed by atoms with van der Waals surface area (Å²) in [6.45, 7) is -1.84. The fraction of sp³-hybridized carbons (Fsp3) is 0.278. The number of alkyl halides is 2. The van der Waals surface area contributed by atoms with Gasteiger partial charge < -0.3 is 19.5 Å². The van der Waals surface area contributed by atoms with E-state index in [-0.39, 0.29) is 24.6 Å².